The molecule has 3 rings (SSSR count). The van der Waals surface area contributed by atoms with Crippen molar-refractivity contribution in [3.8, 4) is 11.5 Å². The van der Waals surface area contributed by atoms with Crippen molar-refractivity contribution in [2.24, 2.45) is 5.92 Å². The molecule has 1 heterocycles. The van der Waals surface area contributed by atoms with E-state index < -0.39 is 0 Å². The summed E-state index contributed by atoms with van der Waals surface area (Å²) in [7, 11) is 0. The number of esters is 1. The third-order valence-electron chi connectivity index (χ3n) is 6.68. The van der Waals surface area contributed by atoms with Crippen LogP contribution in [-0.4, -0.2) is 11.6 Å². The summed E-state index contributed by atoms with van der Waals surface area (Å²) < 4.78 is 12.3. The predicted octanol–water partition coefficient (Wildman–Crippen LogP) is 6.69. The van der Waals surface area contributed by atoms with Gasteiger partial charge in [0.25, 0.3) is 0 Å². The molecule has 0 radical (unpaired) electrons. The van der Waals surface area contributed by atoms with Gasteiger partial charge in [0, 0.05) is 24.3 Å². The van der Waals surface area contributed by atoms with E-state index in [0.717, 1.165) is 30.6 Å². The zero-order chi connectivity index (χ0) is 20.7. The maximum atomic E-state index is 11.9. The molecule has 0 aromatic heterocycles. The Morgan fingerprint density at radius 1 is 1.32 bits per heavy atom. The largest absolute Gasteiger partial charge is 0.487 e. The van der Waals surface area contributed by atoms with E-state index in [1.807, 2.05) is 0 Å². The second-order valence-electron chi connectivity index (χ2n) is 9.88. The average molecular weight is 385 g/mol. The molecule has 0 amide bonds. The zero-order valence-corrected chi connectivity index (χ0v) is 18.6. The van der Waals surface area contributed by atoms with Gasteiger partial charge < -0.3 is 9.47 Å². The van der Waals surface area contributed by atoms with Gasteiger partial charge in [-0.05, 0) is 63.1 Å². The molecule has 1 aliphatic heterocycles. The van der Waals surface area contributed by atoms with Crippen LogP contribution in [0.4, 0.5) is 0 Å². The third kappa shape index (κ3) is 3.99. The lowest BCUT2D eigenvalue weighted by molar-refractivity contribution is -0.132. The lowest BCUT2D eigenvalue weighted by Gasteiger charge is -2.47. The van der Waals surface area contributed by atoms with Gasteiger partial charge in [-0.2, -0.15) is 0 Å². The number of fused-ring (bicyclic) bond motifs is 3. The van der Waals surface area contributed by atoms with E-state index in [0.29, 0.717) is 17.6 Å². The second kappa shape index (κ2) is 7.57. The van der Waals surface area contributed by atoms with Crippen molar-refractivity contribution in [1.29, 1.82) is 0 Å². The Morgan fingerprint density at radius 2 is 2.04 bits per heavy atom. The lowest BCUT2D eigenvalue weighted by Crippen LogP contribution is -2.45. The van der Waals surface area contributed by atoms with Gasteiger partial charge in [-0.15, -0.1) is 0 Å². The number of carbonyl (C=O) groups excluding carboxylic acids is 1. The number of hydrogen-bond donors (Lipinski definition) is 0. The summed E-state index contributed by atoms with van der Waals surface area (Å²) in [6.07, 6.45) is 7.78. The molecule has 154 valence electrons. The van der Waals surface area contributed by atoms with E-state index in [1.165, 1.54) is 30.9 Å². The second-order valence-corrected chi connectivity index (χ2v) is 9.88. The van der Waals surface area contributed by atoms with Gasteiger partial charge in [-0.1, -0.05) is 45.3 Å². The Balaban J connectivity index is 2.15. The molecule has 2 aliphatic rings. The Kier molecular flexibility index (Phi) is 5.67. The van der Waals surface area contributed by atoms with E-state index in [-0.39, 0.29) is 17.0 Å². The van der Waals surface area contributed by atoms with Crippen molar-refractivity contribution < 1.29 is 14.3 Å². The first-order valence-electron chi connectivity index (χ1n) is 10.8. The summed E-state index contributed by atoms with van der Waals surface area (Å²) >= 11 is 0. The van der Waals surface area contributed by atoms with Crippen LogP contribution in [-0.2, 0) is 10.2 Å². The topological polar surface area (TPSA) is 35.5 Å². The van der Waals surface area contributed by atoms with Gasteiger partial charge in [0.15, 0.2) is 0 Å². The summed E-state index contributed by atoms with van der Waals surface area (Å²) in [4.78, 5) is 11.9. The minimum absolute atomic E-state index is 0.00662. The molecule has 1 aromatic rings. The predicted molar refractivity (Wildman–Crippen MR) is 114 cm³/mol. The van der Waals surface area contributed by atoms with Gasteiger partial charge >= 0.3 is 5.97 Å². The van der Waals surface area contributed by atoms with E-state index in [4.69, 9.17) is 9.47 Å². The first-order valence-corrected chi connectivity index (χ1v) is 10.8. The minimum Gasteiger partial charge on any atom is -0.487 e. The molecule has 0 spiro atoms. The molecule has 0 bridgehead atoms. The number of hydrogen-bond acceptors (Lipinski definition) is 3. The normalized spacial score (nSPS) is 23.2. The number of allylic oxidation sites excluding steroid dienone is 2. The lowest BCUT2D eigenvalue weighted by atomic mass is 9.66. The Hall–Kier alpha value is -1.77. The zero-order valence-electron chi connectivity index (χ0n) is 18.6. The molecule has 0 fully saturated rings. The quantitative estimate of drug-likeness (QED) is 0.322. The van der Waals surface area contributed by atoms with Gasteiger partial charge in [0.1, 0.15) is 17.1 Å². The molecule has 0 unspecified atom stereocenters. The smallest absolute Gasteiger partial charge is 0.308 e. The summed E-state index contributed by atoms with van der Waals surface area (Å²) in [6.45, 7) is 14.8. The molecule has 2 atom stereocenters. The maximum absolute atomic E-state index is 11.9. The third-order valence-corrected chi connectivity index (χ3v) is 6.68. The summed E-state index contributed by atoms with van der Waals surface area (Å²) in [6, 6.07) is 4.31. The highest BCUT2D eigenvalue weighted by molar-refractivity contribution is 5.71. The molecule has 0 N–H and O–H groups in total. The van der Waals surface area contributed by atoms with Gasteiger partial charge in [-0.3, -0.25) is 4.79 Å². The minimum atomic E-state index is -0.268. The van der Waals surface area contributed by atoms with Crippen molar-refractivity contribution in [1.82, 2.24) is 0 Å². The van der Waals surface area contributed by atoms with Crippen LogP contribution in [0.3, 0.4) is 0 Å². The van der Waals surface area contributed by atoms with Gasteiger partial charge in [0.05, 0.1) is 0 Å². The van der Waals surface area contributed by atoms with Crippen molar-refractivity contribution >= 4 is 5.97 Å². The number of unbranched alkanes of at least 4 members (excludes halogenated alkanes) is 1. The first-order chi connectivity index (χ1) is 13.0. The fraction of sp³-hybridized carbons (Fsp3) is 0.640. The standard InChI is InChI=1S/C25H36O3/c1-8-9-12-24(4,5)18-14-21(27-17(3)26)23-19-13-16(2)10-11-20(19)25(6,7)28-22(23)15-18/h10,14-15,19-20H,8-9,11-13H2,1-7H3/t19-,20-/m1/s1. The fourth-order valence-corrected chi connectivity index (χ4v) is 4.94. The number of carbonyl (C=O) groups is 1. The van der Waals surface area contributed by atoms with Gasteiger partial charge in [-0.25, -0.2) is 0 Å². The van der Waals surface area contributed by atoms with Crippen molar-refractivity contribution in [3.05, 3.63) is 34.9 Å². The molecule has 0 saturated heterocycles. The van der Waals surface area contributed by atoms with Crippen LogP contribution in [0.25, 0.3) is 0 Å². The molecule has 28 heavy (non-hydrogen) atoms. The van der Waals surface area contributed by atoms with Crippen LogP contribution in [0.15, 0.2) is 23.8 Å². The number of benzene rings is 1. The summed E-state index contributed by atoms with van der Waals surface area (Å²) in [5.74, 6) is 2.04. The average Bonchev–Trinajstić information content (AvgIpc) is 2.58. The fourth-order valence-electron chi connectivity index (χ4n) is 4.94. The molecular weight excluding hydrogens is 348 g/mol. The molecule has 1 aromatic carbocycles. The van der Waals surface area contributed by atoms with E-state index in [1.54, 1.807) is 0 Å². The Morgan fingerprint density at radius 3 is 2.68 bits per heavy atom. The maximum Gasteiger partial charge on any atom is 0.308 e. The Labute approximate surface area is 170 Å². The highest BCUT2D eigenvalue weighted by atomic mass is 16.5. The SMILES string of the molecule is CCCCC(C)(C)c1cc(OC(C)=O)c2c(c1)OC(C)(C)[C@@H]1CC=C(C)C[C@@H]21. The van der Waals surface area contributed by atoms with Crippen LogP contribution in [0.5, 0.6) is 11.5 Å². The van der Waals surface area contributed by atoms with Crippen molar-refractivity contribution in [2.45, 2.75) is 97.5 Å². The monoisotopic (exact) mass is 384 g/mol. The first kappa shape index (κ1) is 21.0. The molecule has 1 aliphatic carbocycles. The molecule has 0 saturated carbocycles. The van der Waals surface area contributed by atoms with Crippen LogP contribution in [0.1, 0.15) is 97.6 Å². The van der Waals surface area contributed by atoms with Gasteiger partial charge in [0.2, 0.25) is 0 Å². The van der Waals surface area contributed by atoms with E-state index in [9.17, 15) is 4.79 Å². The van der Waals surface area contributed by atoms with Crippen LogP contribution < -0.4 is 9.47 Å². The number of ether oxygens (including phenoxy) is 2. The van der Waals surface area contributed by atoms with Crippen molar-refractivity contribution in [3.63, 3.8) is 0 Å². The summed E-state index contributed by atoms with van der Waals surface area (Å²) in [5, 5.41) is 0. The van der Waals surface area contributed by atoms with E-state index in [2.05, 4.69) is 59.8 Å². The van der Waals surface area contributed by atoms with Crippen LogP contribution in [0, 0.1) is 5.92 Å². The molecule has 3 heteroatoms. The highest BCUT2D eigenvalue weighted by Gasteiger charge is 2.46. The highest BCUT2D eigenvalue weighted by Crippen LogP contribution is 2.55. The summed E-state index contributed by atoms with van der Waals surface area (Å²) in [5.41, 5.74) is 3.45. The molecular formula is C25H36O3. The van der Waals surface area contributed by atoms with E-state index >= 15 is 0 Å². The van der Waals surface area contributed by atoms with Crippen molar-refractivity contribution in [2.75, 3.05) is 0 Å². The van der Waals surface area contributed by atoms with Crippen LogP contribution >= 0.6 is 0 Å². The molecule has 3 nitrogen and oxygen atoms in total. The van der Waals surface area contributed by atoms with Crippen LogP contribution in [0.2, 0.25) is 0 Å². The Bertz CT molecular complexity index is 785. The number of rotatable bonds is 5.